The number of benzene rings is 1. The molecule has 0 saturated carbocycles. The van der Waals surface area contributed by atoms with Crippen molar-refractivity contribution in [2.24, 2.45) is 0 Å². The fraction of sp³-hybridized carbons (Fsp3) is 0.286. The second-order valence-electron chi connectivity index (χ2n) is 4.28. The Kier molecular flexibility index (Phi) is 4.96. The molecule has 0 saturated heterocycles. The van der Waals surface area contributed by atoms with Gasteiger partial charge in [0, 0.05) is 27.3 Å². The number of rotatable bonds is 4. The van der Waals surface area contributed by atoms with Gasteiger partial charge in [0.05, 0.1) is 0 Å². The Morgan fingerprint density at radius 2 is 2.11 bits per heavy atom. The summed E-state index contributed by atoms with van der Waals surface area (Å²) in [6, 6.07) is 8.61. The van der Waals surface area contributed by atoms with Crippen molar-refractivity contribution in [3.05, 3.63) is 46.2 Å². The van der Waals surface area contributed by atoms with E-state index in [0.717, 1.165) is 20.2 Å². The van der Waals surface area contributed by atoms with Gasteiger partial charge in [-0.2, -0.15) is 0 Å². The summed E-state index contributed by atoms with van der Waals surface area (Å²) in [5.41, 5.74) is 2.23. The molecular formula is C14H16BrN3S. The predicted octanol–water partition coefficient (Wildman–Crippen LogP) is 3.98. The molecule has 0 aliphatic rings. The molecule has 2 rings (SSSR count). The lowest BCUT2D eigenvalue weighted by molar-refractivity contribution is 0.651. The van der Waals surface area contributed by atoms with Crippen LogP contribution in [0.25, 0.3) is 0 Å². The minimum Gasteiger partial charge on any atom is -0.313 e. The summed E-state index contributed by atoms with van der Waals surface area (Å²) in [5, 5.41) is 4.01. The molecule has 1 atom stereocenters. The van der Waals surface area contributed by atoms with E-state index >= 15 is 0 Å². The lowest BCUT2D eigenvalue weighted by atomic mass is 10.1. The van der Waals surface area contributed by atoms with Gasteiger partial charge in [-0.3, -0.25) is 0 Å². The van der Waals surface area contributed by atoms with E-state index in [-0.39, 0.29) is 0 Å². The standard InChI is InChI=1S/C14H16BrN3S/c1-9-6-7-17-14(18-9)19-13-5-4-11(8-12(13)15)10(2)16-3/h4-8,10,16H,1-3H3. The first-order valence-electron chi connectivity index (χ1n) is 6.04. The van der Waals surface area contributed by atoms with Gasteiger partial charge < -0.3 is 5.32 Å². The molecule has 2 aromatic rings. The molecule has 0 bridgehead atoms. The van der Waals surface area contributed by atoms with Crippen LogP contribution in [0.4, 0.5) is 0 Å². The molecule has 0 spiro atoms. The minimum absolute atomic E-state index is 0.338. The van der Waals surface area contributed by atoms with Crippen molar-refractivity contribution >= 4 is 27.7 Å². The molecule has 19 heavy (non-hydrogen) atoms. The highest BCUT2D eigenvalue weighted by Gasteiger charge is 2.08. The molecule has 0 aliphatic carbocycles. The van der Waals surface area contributed by atoms with Crippen LogP contribution in [-0.4, -0.2) is 17.0 Å². The van der Waals surface area contributed by atoms with Crippen LogP contribution in [0.3, 0.4) is 0 Å². The zero-order chi connectivity index (χ0) is 13.8. The lowest BCUT2D eigenvalue weighted by Crippen LogP contribution is -2.12. The van der Waals surface area contributed by atoms with Crippen LogP contribution in [0, 0.1) is 6.92 Å². The molecule has 0 aliphatic heterocycles. The van der Waals surface area contributed by atoms with Gasteiger partial charge in [0.25, 0.3) is 0 Å². The van der Waals surface area contributed by atoms with Crippen LogP contribution in [-0.2, 0) is 0 Å². The topological polar surface area (TPSA) is 37.8 Å². The van der Waals surface area contributed by atoms with Gasteiger partial charge in [-0.25, -0.2) is 9.97 Å². The molecule has 1 heterocycles. The molecule has 3 nitrogen and oxygen atoms in total. The third kappa shape index (κ3) is 3.78. The smallest absolute Gasteiger partial charge is 0.192 e. The lowest BCUT2D eigenvalue weighted by Gasteiger charge is -2.12. The highest BCUT2D eigenvalue weighted by atomic mass is 79.9. The average Bonchev–Trinajstić information content (AvgIpc) is 2.40. The fourth-order valence-corrected chi connectivity index (χ4v) is 3.04. The Bertz CT molecular complexity index is 574. The molecular weight excluding hydrogens is 322 g/mol. The van der Waals surface area contributed by atoms with Crippen molar-refractivity contribution in [2.45, 2.75) is 29.9 Å². The van der Waals surface area contributed by atoms with Crippen LogP contribution < -0.4 is 5.32 Å². The number of nitrogens with zero attached hydrogens (tertiary/aromatic N) is 2. The van der Waals surface area contributed by atoms with E-state index in [1.54, 1.807) is 18.0 Å². The van der Waals surface area contributed by atoms with E-state index in [1.165, 1.54) is 5.56 Å². The van der Waals surface area contributed by atoms with Crippen molar-refractivity contribution in [1.82, 2.24) is 15.3 Å². The normalized spacial score (nSPS) is 12.4. The van der Waals surface area contributed by atoms with E-state index in [2.05, 4.69) is 56.3 Å². The van der Waals surface area contributed by atoms with Crippen molar-refractivity contribution < 1.29 is 0 Å². The van der Waals surface area contributed by atoms with Crippen molar-refractivity contribution in [3.63, 3.8) is 0 Å². The van der Waals surface area contributed by atoms with Gasteiger partial charge in [0.1, 0.15) is 0 Å². The molecule has 100 valence electrons. The molecule has 1 N–H and O–H groups in total. The maximum atomic E-state index is 4.40. The summed E-state index contributed by atoms with van der Waals surface area (Å²) < 4.78 is 1.07. The summed E-state index contributed by atoms with van der Waals surface area (Å²) in [7, 11) is 1.96. The maximum Gasteiger partial charge on any atom is 0.192 e. The van der Waals surface area contributed by atoms with Crippen molar-refractivity contribution in [2.75, 3.05) is 7.05 Å². The average molecular weight is 338 g/mol. The molecule has 1 unspecified atom stereocenters. The zero-order valence-corrected chi connectivity index (χ0v) is 13.5. The van der Waals surface area contributed by atoms with E-state index in [1.807, 2.05) is 20.0 Å². The number of hydrogen-bond donors (Lipinski definition) is 1. The number of halogens is 1. The third-order valence-corrected chi connectivity index (χ3v) is 4.74. The second kappa shape index (κ2) is 6.50. The predicted molar refractivity (Wildman–Crippen MR) is 82.5 cm³/mol. The van der Waals surface area contributed by atoms with Crippen LogP contribution in [0.5, 0.6) is 0 Å². The molecule has 0 fully saturated rings. The van der Waals surface area contributed by atoms with E-state index in [9.17, 15) is 0 Å². The van der Waals surface area contributed by atoms with Crippen molar-refractivity contribution in [3.8, 4) is 0 Å². The van der Waals surface area contributed by atoms with E-state index < -0.39 is 0 Å². The Morgan fingerprint density at radius 1 is 1.32 bits per heavy atom. The Morgan fingerprint density at radius 3 is 2.74 bits per heavy atom. The number of aryl methyl sites for hydroxylation is 1. The molecule has 1 aromatic carbocycles. The van der Waals surface area contributed by atoms with Gasteiger partial charge in [0.2, 0.25) is 0 Å². The summed E-state index contributed by atoms with van der Waals surface area (Å²) in [5.74, 6) is 0. The van der Waals surface area contributed by atoms with Gasteiger partial charge in [-0.15, -0.1) is 0 Å². The number of nitrogens with one attached hydrogen (secondary N) is 1. The molecule has 0 radical (unpaired) electrons. The third-order valence-electron chi connectivity index (χ3n) is 2.86. The number of hydrogen-bond acceptors (Lipinski definition) is 4. The quantitative estimate of drug-likeness (QED) is 0.856. The first kappa shape index (κ1) is 14.5. The highest BCUT2D eigenvalue weighted by Crippen LogP contribution is 2.33. The molecule has 1 aromatic heterocycles. The van der Waals surface area contributed by atoms with Crippen LogP contribution in [0.15, 0.2) is 45.0 Å². The van der Waals surface area contributed by atoms with E-state index in [4.69, 9.17) is 0 Å². The monoisotopic (exact) mass is 337 g/mol. The molecule has 0 amide bonds. The number of aromatic nitrogens is 2. The minimum atomic E-state index is 0.338. The summed E-state index contributed by atoms with van der Waals surface area (Å²) in [4.78, 5) is 9.79. The highest BCUT2D eigenvalue weighted by molar-refractivity contribution is 9.10. The van der Waals surface area contributed by atoms with Crippen LogP contribution in [0.1, 0.15) is 24.2 Å². The van der Waals surface area contributed by atoms with Crippen molar-refractivity contribution in [1.29, 1.82) is 0 Å². The summed E-state index contributed by atoms with van der Waals surface area (Å²) >= 11 is 5.18. The van der Waals surface area contributed by atoms with Gasteiger partial charge in [-0.05, 0) is 72.3 Å². The Labute approximate surface area is 126 Å². The first-order valence-corrected chi connectivity index (χ1v) is 7.65. The second-order valence-corrected chi connectivity index (χ2v) is 6.15. The maximum absolute atomic E-state index is 4.40. The van der Waals surface area contributed by atoms with Crippen LogP contribution in [0.2, 0.25) is 0 Å². The van der Waals surface area contributed by atoms with Crippen LogP contribution >= 0.6 is 27.7 Å². The Balaban J connectivity index is 2.22. The fourth-order valence-electron chi connectivity index (χ4n) is 1.61. The van der Waals surface area contributed by atoms with E-state index in [0.29, 0.717) is 6.04 Å². The SMILES string of the molecule is CNC(C)c1ccc(Sc2nccc(C)n2)c(Br)c1. The summed E-state index contributed by atoms with van der Waals surface area (Å²) in [6.45, 7) is 4.11. The molecule has 5 heteroatoms. The summed E-state index contributed by atoms with van der Waals surface area (Å²) in [6.07, 6.45) is 1.79. The van der Waals surface area contributed by atoms with Gasteiger partial charge in [0.15, 0.2) is 5.16 Å². The zero-order valence-electron chi connectivity index (χ0n) is 11.1. The van der Waals surface area contributed by atoms with Gasteiger partial charge in [-0.1, -0.05) is 6.07 Å². The van der Waals surface area contributed by atoms with Gasteiger partial charge >= 0.3 is 0 Å². The Hall–Kier alpha value is -0.910. The largest absolute Gasteiger partial charge is 0.313 e. The first-order chi connectivity index (χ1) is 9.10.